The number of amides is 1. The molecular formula is C16H13N3O4S. The number of aromatic nitrogens is 1. The van der Waals surface area contributed by atoms with Gasteiger partial charge < -0.3 is 9.84 Å². The van der Waals surface area contributed by atoms with Gasteiger partial charge in [0.15, 0.2) is 5.76 Å². The number of nitro groups is 1. The fourth-order valence-corrected chi connectivity index (χ4v) is 2.86. The number of carbonyl (C=O) groups is 1. The van der Waals surface area contributed by atoms with Crippen molar-refractivity contribution in [2.45, 2.75) is 13.3 Å². The zero-order valence-electron chi connectivity index (χ0n) is 12.7. The van der Waals surface area contributed by atoms with Crippen molar-refractivity contribution >= 4 is 28.6 Å². The van der Waals surface area contributed by atoms with Gasteiger partial charge in [-0.25, -0.2) is 0 Å². The van der Waals surface area contributed by atoms with E-state index < -0.39 is 4.92 Å². The van der Waals surface area contributed by atoms with Gasteiger partial charge in [0.2, 0.25) is 5.91 Å². The van der Waals surface area contributed by atoms with Crippen molar-refractivity contribution in [3.05, 3.63) is 63.1 Å². The molecule has 0 aliphatic rings. The van der Waals surface area contributed by atoms with Crippen molar-refractivity contribution in [3.63, 3.8) is 0 Å². The molecule has 2 aromatic heterocycles. The quantitative estimate of drug-likeness (QED) is 0.561. The minimum Gasteiger partial charge on any atom is -0.355 e. The maximum atomic E-state index is 12.1. The number of nitrogens with zero attached hydrogens (tertiary/aromatic N) is 2. The van der Waals surface area contributed by atoms with Crippen molar-refractivity contribution in [1.82, 2.24) is 5.16 Å². The molecule has 0 fully saturated rings. The Labute approximate surface area is 141 Å². The Morgan fingerprint density at radius 2 is 2.21 bits per heavy atom. The average Bonchev–Trinajstić information content (AvgIpc) is 3.20. The van der Waals surface area contributed by atoms with Crippen LogP contribution in [0.25, 0.3) is 10.6 Å². The van der Waals surface area contributed by atoms with Crippen molar-refractivity contribution < 1.29 is 14.2 Å². The number of hydrogen-bond donors (Lipinski definition) is 1. The van der Waals surface area contributed by atoms with E-state index in [2.05, 4.69) is 10.5 Å². The zero-order valence-corrected chi connectivity index (χ0v) is 13.5. The zero-order chi connectivity index (χ0) is 17.1. The Hall–Kier alpha value is -3.00. The monoisotopic (exact) mass is 343 g/mol. The lowest BCUT2D eigenvalue weighted by molar-refractivity contribution is -0.384. The maximum absolute atomic E-state index is 12.1. The molecule has 1 amide bonds. The third-order valence-electron chi connectivity index (χ3n) is 3.36. The molecule has 3 aromatic rings. The molecule has 2 heterocycles. The van der Waals surface area contributed by atoms with Crippen LogP contribution in [0.2, 0.25) is 0 Å². The van der Waals surface area contributed by atoms with Gasteiger partial charge in [-0.2, -0.15) is 0 Å². The van der Waals surface area contributed by atoms with Crippen LogP contribution in [0.1, 0.15) is 11.3 Å². The highest BCUT2D eigenvalue weighted by molar-refractivity contribution is 7.13. The molecule has 0 spiro atoms. The molecule has 24 heavy (non-hydrogen) atoms. The van der Waals surface area contributed by atoms with E-state index in [4.69, 9.17) is 4.52 Å². The number of benzene rings is 1. The van der Waals surface area contributed by atoms with Gasteiger partial charge in [-0.3, -0.25) is 14.9 Å². The summed E-state index contributed by atoms with van der Waals surface area (Å²) in [5.74, 6) is 0.359. The van der Waals surface area contributed by atoms with E-state index in [1.807, 2.05) is 17.5 Å². The van der Waals surface area contributed by atoms with E-state index in [-0.39, 0.29) is 18.0 Å². The first-order valence-electron chi connectivity index (χ1n) is 7.07. The topological polar surface area (TPSA) is 98.3 Å². The van der Waals surface area contributed by atoms with Crippen LogP contribution in [0, 0.1) is 17.0 Å². The van der Waals surface area contributed by atoms with Crippen LogP contribution in [-0.4, -0.2) is 16.0 Å². The number of hydrogen-bond acceptors (Lipinski definition) is 6. The molecule has 3 rings (SSSR count). The van der Waals surface area contributed by atoms with Gasteiger partial charge in [0.25, 0.3) is 5.69 Å². The molecule has 8 heteroatoms. The number of carbonyl (C=O) groups excluding carboxylic acids is 1. The van der Waals surface area contributed by atoms with Crippen LogP contribution in [0.3, 0.4) is 0 Å². The number of non-ortho nitro benzene ring substituents is 1. The maximum Gasteiger partial charge on any atom is 0.269 e. The molecule has 0 saturated heterocycles. The van der Waals surface area contributed by atoms with Crippen LogP contribution in [0.15, 0.2) is 46.3 Å². The Morgan fingerprint density at radius 1 is 1.38 bits per heavy atom. The lowest BCUT2D eigenvalue weighted by atomic mass is 10.1. The summed E-state index contributed by atoms with van der Waals surface area (Å²) < 4.78 is 5.23. The van der Waals surface area contributed by atoms with E-state index in [0.29, 0.717) is 22.7 Å². The van der Waals surface area contributed by atoms with E-state index in [1.165, 1.54) is 29.5 Å². The summed E-state index contributed by atoms with van der Waals surface area (Å²) in [6.07, 6.45) is 0.0608. The van der Waals surface area contributed by atoms with E-state index >= 15 is 0 Å². The summed E-state index contributed by atoms with van der Waals surface area (Å²) >= 11 is 1.53. The normalized spacial score (nSPS) is 10.5. The number of aryl methyl sites for hydroxylation is 1. The molecule has 0 unspecified atom stereocenters. The molecule has 0 bridgehead atoms. The first-order chi connectivity index (χ1) is 11.5. The molecule has 0 aliphatic heterocycles. The molecule has 0 aliphatic carbocycles. The SMILES string of the molecule is Cc1cc([N+](=O)[O-])ccc1NC(=O)Cc1cc(-c2cccs2)on1. The van der Waals surface area contributed by atoms with Crippen LogP contribution in [0.4, 0.5) is 11.4 Å². The Morgan fingerprint density at radius 3 is 2.88 bits per heavy atom. The summed E-state index contributed by atoms with van der Waals surface area (Å²) in [6.45, 7) is 1.70. The fraction of sp³-hybridized carbons (Fsp3) is 0.125. The second kappa shape index (κ2) is 6.63. The van der Waals surface area contributed by atoms with Gasteiger partial charge in [-0.05, 0) is 30.0 Å². The minimum atomic E-state index is -0.472. The second-order valence-corrected chi connectivity index (χ2v) is 6.09. The van der Waals surface area contributed by atoms with Gasteiger partial charge in [0.05, 0.1) is 21.9 Å². The second-order valence-electron chi connectivity index (χ2n) is 5.14. The third kappa shape index (κ3) is 3.49. The van der Waals surface area contributed by atoms with Crippen molar-refractivity contribution in [2.24, 2.45) is 0 Å². The summed E-state index contributed by atoms with van der Waals surface area (Å²) in [5, 5.41) is 19.3. The van der Waals surface area contributed by atoms with Gasteiger partial charge in [0.1, 0.15) is 0 Å². The molecule has 0 radical (unpaired) electrons. The number of anilines is 1. The molecule has 7 nitrogen and oxygen atoms in total. The Bertz CT molecular complexity index is 887. The van der Waals surface area contributed by atoms with Crippen LogP contribution in [-0.2, 0) is 11.2 Å². The smallest absolute Gasteiger partial charge is 0.269 e. The first-order valence-corrected chi connectivity index (χ1v) is 7.95. The summed E-state index contributed by atoms with van der Waals surface area (Å²) in [7, 11) is 0. The van der Waals surface area contributed by atoms with E-state index in [0.717, 1.165) is 4.88 Å². The largest absolute Gasteiger partial charge is 0.355 e. The van der Waals surface area contributed by atoms with Crippen molar-refractivity contribution in [1.29, 1.82) is 0 Å². The highest BCUT2D eigenvalue weighted by Crippen LogP contribution is 2.25. The van der Waals surface area contributed by atoms with Crippen LogP contribution in [0.5, 0.6) is 0 Å². The van der Waals surface area contributed by atoms with Crippen LogP contribution >= 0.6 is 11.3 Å². The first kappa shape index (κ1) is 15.9. The van der Waals surface area contributed by atoms with Crippen molar-refractivity contribution in [3.8, 4) is 10.6 Å². The molecule has 122 valence electrons. The van der Waals surface area contributed by atoms with E-state index in [9.17, 15) is 14.9 Å². The molecule has 0 atom stereocenters. The van der Waals surface area contributed by atoms with Gasteiger partial charge in [0, 0.05) is 23.9 Å². The Balaban J connectivity index is 1.67. The van der Waals surface area contributed by atoms with Crippen LogP contribution < -0.4 is 5.32 Å². The molecule has 1 N–H and O–H groups in total. The third-order valence-corrected chi connectivity index (χ3v) is 4.24. The molecular weight excluding hydrogens is 330 g/mol. The lowest BCUT2D eigenvalue weighted by Crippen LogP contribution is -2.15. The number of rotatable bonds is 5. The Kier molecular flexibility index (Phi) is 4.39. The van der Waals surface area contributed by atoms with E-state index in [1.54, 1.807) is 13.0 Å². The van der Waals surface area contributed by atoms with Gasteiger partial charge in [-0.1, -0.05) is 11.2 Å². The fourth-order valence-electron chi connectivity index (χ4n) is 2.19. The predicted molar refractivity (Wildman–Crippen MR) is 90.0 cm³/mol. The van der Waals surface area contributed by atoms with Gasteiger partial charge >= 0.3 is 0 Å². The molecule has 1 aromatic carbocycles. The summed E-state index contributed by atoms with van der Waals surface area (Å²) in [5.41, 5.74) is 1.67. The standard InChI is InChI=1S/C16H13N3O4S/c1-10-7-12(19(21)22)4-5-13(10)17-16(20)9-11-8-14(23-18-11)15-3-2-6-24-15/h2-8H,9H2,1H3,(H,17,20). The average molecular weight is 343 g/mol. The van der Waals surface area contributed by atoms with Crippen molar-refractivity contribution in [2.75, 3.05) is 5.32 Å². The number of thiophene rings is 1. The number of nitro benzene ring substituents is 1. The highest BCUT2D eigenvalue weighted by Gasteiger charge is 2.13. The highest BCUT2D eigenvalue weighted by atomic mass is 32.1. The molecule has 0 saturated carbocycles. The number of nitrogens with one attached hydrogen (secondary N) is 1. The van der Waals surface area contributed by atoms with Gasteiger partial charge in [-0.15, -0.1) is 11.3 Å². The summed E-state index contributed by atoms with van der Waals surface area (Å²) in [4.78, 5) is 23.3. The summed E-state index contributed by atoms with van der Waals surface area (Å²) in [6, 6.07) is 9.84. The predicted octanol–water partition coefficient (Wildman–Crippen LogP) is 3.80. The minimum absolute atomic E-state index is 0.0115. The lowest BCUT2D eigenvalue weighted by Gasteiger charge is -2.07.